The van der Waals surface area contributed by atoms with Crippen LogP contribution in [0.3, 0.4) is 0 Å². The first-order valence-corrected chi connectivity index (χ1v) is 30.9. The van der Waals surface area contributed by atoms with Crippen LogP contribution in [0.1, 0.15) is 336 Å². The van der Waals surface area contributed by atoms with Gasteiger partial charge >= 0.3 is 0 Å². The summed E-state index contributed by atoms with van der Waals surface area (Å²) in [7, 11) is -1.62. The smallest absolute Gasteiger partial charge is 0.192 e. The van der Waals surface area contributed by atoms with Crippen LogP contribution in [0.2, 0.25) is 18.1 Å². The molecule has 0 aromatic carbocycles. The highest BCUT2D eigenvalue weighted by molar-refractivity contribution is 6.73. The molecule has 0 rings (SSSR count). The fraction of sp³-hybridized carbons (Fsp3) is 1.00. The van der Waals surface area contributed by atoms with E-state index in [0.29, 0.717) is 0 Å². The zero-order valence-electron chi connectivity index (χ0n) is 41.7. The average molecular weight is 834 g/mol. The minimum absolute atomic E-state index is 0.961. The summed E-state index contributed by atoms with van der Waals surface area (Å²) in [6, 6.07) is 4.37. The van der Waals surface area contributed by atoms with Crippen molar-refractivity contribution in [1.29, 1.82) is 0 Å². The number of hydrogen-bond acceptors (Lipinski definition) is 1. The molecule has 2 heteroatoms. The molecule has 0 amide bonds. The summed E-state index contributed by atoms with van der Waals surface area (Å²) < 4.78 is 6.94. The number of rotatable bonds is 53. The number of hydrogen-bond donors (Lipinski definition) is 0. The molecule has 0 saturated heterocycles. The average Bonchev–Trinajstić information content (AvgIpc) is 3.23. The molecule has 0 aromatic heterocycles. The lowest BCUT2D eigenvalue weighted by Gasteiger charge is -2.32. The van der Waals surface area contributed by atoms with Crippen LogP contribution in [-0.2, 0) is 4.43 Å². The standard InChI is InChI=1S/C56H116OSi/c1-5-9-12-15-18-21-24-27-30-33-36-39-42-45-48-51-54-58(57-8-4,55-52-49-46-43-40-37-34-31-28-25-22-19-16-13-10-6-2)56-53-50-47-44-41-38-35-32-29-26-23-20-17-14-11-7-3/h5-56H2,1-4H3. The van der Waals surface area contributed by atoms with E-state index in [4.69, 9.17) is 4.43 Å². The summed E-state index contributed by atoms with van der Waals surface area (Å²) >= 11 is 0. The van der Waals surface area contributed by atoms with Crippen molar-refractivity contribution in [3.8, 4) is 0 Å². The van der Waals surface area contributed by atoms with Gasteiger partial charge in [0.05, 0.1) is 0 Å². The highest BCUT2D eigenvalue weighted by atomic mass is 28.4. The Kier molecular flexibility index (Phi) is 51.7. The SMILES string of the molecule is CCCCCCCCCCCCCCCCCC[Si](CCCCCCCCCCCCCCCCCC)(CCCCCCCCCCCCCCCCCC)OCC. The second-order valence-corrected chi connectivity index (χ2v) is 23.9. The van der Waals surface area contributed by atoms with Crippen molar-refractivity contribution < 1.29 is 4.43 Å². The second-order valence-electron chi connectivity index (χ2n) is 19.8. The molecular formula is C56H116OSi. The molecule has 1 nitrogen and oxygen atoms in total. The molecule has 0 unspecified atom stereocenters. The van der Waals surface area contributed by atoms with Gasteiger partial charge in [0.25, 0.3) is 0 Å². The fourth-order valence-electron chi connectivity index (χ4n) is 9.88. The van der Waals surface area contributed by atoms with Crippen LogP contribution in [-0.4, -0.2) is 14.9 Å². The maximum atomic E-state index is 6.94. The minimum atomic E-state index is -1.62. The molecule has 0 bridgehead atoms. The van der Waals surface area contributed by atoms with Crippen LogP contribution in [0.15, 0.2) is 0 Å². The third-order valence-electron chi connectivity index (χ3n) is 13.9. The van der Waals surface area contributed by atoms with Crippen LogP contribution >= 0.6 is 0 Å². The van der Waals surface area contributed by atoms with Crippen molar-refractivity contribution in [2.75, 3.05) is 6.61 Å². The van der Waals surface area contributed by atoms with Crippen LogP contribution in [0.25, 0.3) is 0 Å². The molecule has 0 radical (unpaired) electrons. The lowest BCUT2D eigenvalue weighted by Crippen LogP contribution is -2.38. The quantitative estimate of drug-likeness (QED) is 0.0438. The van der Waals surface area contributed by atoms with Crippen molar-refractivity contribution in [3.05, 3.63) is 0 Å². The Balaban J connectivity index is 4.30. The molecule has 0 aromatic rings. The summed E-state index contributed by atoms with van der Waals surface area (Å²) in [5.41, 5.74) is 0. The molecule has 350 valence electrons. The second kappa shape index (κ2) is 51.5. The first-order valence-electron chi connectivity index (χ1n) is 28.4. The third kappa shape index (κ3) is 45.7. The Morgan fingerprint density at radius 2 is 0.328 bits per heavy atom. The highest BCUT2D eigenvalue weighted by Gasteiger charge is 2.32. The zero-order valence-corrected chi connectivity index (χ0v) is 42.7. The first-order chi connectivity index (χ1) is 28.7. The lowest BCUT2D eigenvalue weighted by atomic mass is 10.0. The Morgan fingerprint density at radius 3 is 0.466 bits per heavy atom. The van der Waals surface area contributed by atoms with E-state index in [9.17, 15) is 0 Å². The van der Waals surface area contributed by atoms with Gasteiger partial charge in [0.2, 0.25) is 0 Å². The maximum Gasteiger partial charge on any atom is 0.192 e. The van der Waals surface area contributed by atoms with Gasteiger partial charge in [0, 0.05) is 6.61 Å². The highest BCUT2D eigenvalue weighted by Crippen LogP contribution is 2.31. The van der Waals surface area contributed by atoms with E-state index in [1.807, 2.05) is 0 Å². The van der Waals surface area contributed by atoms with Crippen molar-refractivity contribution in [3.63, 3.8) is 0 Å². The van der Waals surface area contributed by atoms with E-state index in [2.05, 4.69) is 27.7 Å². The van der Waals surface area contributed by atoms with E-state index < -0.39 is 8.32 Å². The minimum Gasteiger partial charge on any atom is -0.417 e. The molecule has 58 heavy (non-hydrogen) atoms. The van der Waals surface area contributed by atoms with Crippen molar-refractivity contribution >= 4 is 8.32 Å². The van der Waals surface area contributed by atoms with E-state index in [0.717, 1.165) is 6.61 Å². The summed E-state index contributed by atoms with van der Waals surface area (Å²) in [4.78, 5) is 0. The van der Waals surface area contributed by atoms with Crippen LogP contribution in [0.4, 0.5) is 0 Å². The lowest BCUT2D eigenvalue weighted by molar-refractivity contribution is 0.313. The van der Waals surface area contributed by atoms with E-state index in [1.165, 1.54) is 326 Å². The number of unbranched alkanes of at least 4 members (excludes halogenated alkanes) is 45. The van der Waals surface area contributed by atoms with Crippen LogP contribution < -0.4 is 0 Å². The fourth-order valence-corrected chi connectivity index (χ4v) is 14.4. The summed E-state index contributed by atoms with van der Waals surface area (Å²) in [6.45, 7) is 10.2. The van der Waals surface area contributed by atoms with Gasteiger partial charge in [-0.3, -0.25) is 0 Å². The predicted molar refractivity (Wildman–Crippen MR) is 270 cm³/mol. The Morgan fingerprint density at radius 1 is 0.190 bits per heavy atom. The third-order valence-corrected chi connectivity index (χ3v) is 18.6. The normalized spacial score (nSPS) is 12.0. The van der Waals surface area contributed by atoms with Gasteiger partial charge in [0.15, 0.2) is 8.32 Å². The zero-order chi connectivity index (χ0) is 42.0. The molecule has 0 saturated carbocycles. The Hall–Kier alpha value is 0.177. The van der Waals surface area contributed by atoms with Gasteiger partial charge in [-0.25, -0.2) is 0 Å². The van der Waals surface area contributed by atoms with Gasteiger partial charge < -0.3 is 4.43 Å². The van der Waals surface area contributed by atoms with Gasteiger partial charge in [-0.1, -0.05) is 329 Å². The summed E-state index contributed by atoms with van der Waals surface area (Å²) in [6.07, 6.45) is 70.3. The molecule has 0 aliphatic carbocycles. The van der Waals surface area contributed by atoms with Crippen LogP contribution in [0, 0.1) is 0 Å². The Bertz CT molecular complexity index is 618. The van der Waals surface area contributed by atoms with Gasteiger partial charge in [-0.05, 0) is 25.1 Å². The van der Waals surface area contributed by atoms with Crippen molar-refractivity contribution in [1.82, 2.24) is 0 Å². The molecule has 0 fully saturated rings. The molecule has 0 spiro atoms. The van der Waals surface area contributed by atoms with Crippen molar-refractivity contribution in [2.45, 2.75) is 354 Å². The summed E-state index contributed by atoms with van der Waals surface area (Å²) in [5, 5.41) is 0. The molecule has 0 heterocycles. The van der Waals surface area contributed by atoms with E-state index in [-0.39, 0.29) is 0 Å². The monoisotopic (exact) mass is 833 g/mol. The molecule has 0 aliphatic rings. The van der Waals surface area contributed by atoms with Gasteiger partial charge in [-0.2, -0.15) is 0 Å². The summed E-state index contributed by atoms with van der Waals surface area (Å²) in [5.74, 6) is 0. The van der Waals surface area contributed by atoms with Crippen LogP contribution in [0.5, 0.6) is 0 Å². The first kappa shape index (κ1) is 58.2. The topological polar surface area (TPSA) is 9.23 Å². The molecule has 0 aliphatic heterocycles. The Labute approximate surface area is 371 Å². The van der Waals surface area contributed by atoms with Gasteiger partial charge in [-0.15, -0.1) is 0 Å². The van der Waals surface area contributed by atoms with E-state index in [1.54, 1.807) is 0 Å². The molecule has 0 atom stereocenters. The molecular weight excluding hydrogens is 717 g/mol. The maximum absolute atomic E-state index is 6.94. The van der Waals surface area contributed by atoms with Gasteiger partial charge in [0.1, 0.15) is 0 Å². The molecule has 0 N–H and O–H groups in total. The van der Waals surface area contributed by atoms with E-state index >= 15 is 0 Å². The van der Waals surface area contributed by atoms with Crippen molar-refractivity contribution in [2.24, 2.45) is 0 Å². The largest absolute Gasteiger partial charge is 0.417 e. The predicted octanol–water partition coefficient (Wildman–Crippen LogP) is 21.8.